The lowest BCUT2D eigenvalue weighted by molar-refractivity contribution is -0.121. The summed E-state index contributed by atoms with van der Waals surface area (Å²) in [6.45, 7) is 1.91. The second kappa shape index (κ2) is 6.38. The van der Waals surface area contributed by atoms with Gasteiger partial charge < -0.3 is 20.3 Å². The number of aromatic nitrogens is 3. The Labute approximate surface area is 153 Å². The van der Waals surface area contributed by atoms with Gasteiger partial charge in [0.15, 0.2) is 0 Å². The SMILES string of the molecule is CC(NC(=O)Cc1c[nH]c2ccc(Cl)cc12)c1ccc2[nH]c(=O)[nH]c2c1. The van der Waals surface area contributed by atoms with Crippen molar-refractivity contribution in [2.45, 2.75) is 19.4 Å². The molecular weight excluding hydrogens is 352 g/mol. The molecule has 2 heterocycles. The highest BCUT2D eigenvalue weighted by atomic mass is 35.5. The number of hydrogen-bond acceptors (Lipinski definition) is 2. The van der Waals surface area contributed by atoms with Crippen molar-refractivity contribution in [2.75, 3.05) is 0 Å². The summed E-state index contributed by atoms with van der Waals surface area (Å²) < 4.78 is 0. The highest BCUT2D eigenvalue weighted by molar-refractivity contribution is 6.31. The zero-order valence-corrected chi connectivity index (χ0v) is 14.8. The van der Waals surface area contributed by atoms with E-state index in [0.717, 1.165) is 33.1 Å². The van der Waals surface area contributed by atoms with Crippen molar-refractivity contribution in [3.05, 3.63) is 69.2 Å². The minimum absolute atomic E-state index is 0.0824. The molecule has 0 aliphatic rings. The van der Waals surface area contributed by atoms with Crippen molar-refractivity contribution in [1.29, 1.82) is 0 Å². The molecule has 2 aromatic heterocycles. The lowest BCUT2D eigenvalue weighted by Crippen LogP contribution is -2.28. The monoisotopic (exact) mass is 368 g/mol. The standard InChI is InChI=1S/C19H17ClN4O2/c1-10(11-2-4-16-17(6-11)24-19(26)23-16)22-18(25)7-12-9-21-15-5-3-13(20)8-14(12)15/h2-6,8-10,21H,7H2,1H3,(H,22,25)(H2,23,24,26). The predicted molar refractivity (Wildman–Crippen MR) is 102 cm³/mol. The van der Waals surface area contributed by atoms with E-state index < -0.39 is 0 Å². The van der Waals surface area contributed by atoms with Crippen LogP contribution in [0.5, 0.6) is 0 Å². The molecule has 1 amide bonds. The lowest BCUT2D eigenvalue weighted by Gasteiger charge is -2.14. The molecule has 0 radical (unpaired) electrons. The van der Waals surface area contributed by atoms with E-state index in [9.17, 15) is 9.59 Å². The maximum atomic E-state index is 12.5. The Morgan fingerprint density at radius 2 is 1.88 bits per heavy atom. The fourth-order valence-electron chi connectivity index (χ4n) is 3.17. The average Bonchev–Trinajstić information content (AvgIpc) is 3.16. The summed E-state index contributed by atoms with van der Waals surface area (Å²) in [5.41, 5.74) is 3.99. The van der Waals surface area contributed by atoms with Gasteiger partial charge in [-0.05, 0) is 48.4 Å². The highest BCUT2D eigenvalue weighted by Gasteiger charge is 2.13. The average molecular weight is 369 g/mol. The number of nitrogens with one attached hydrogen (secondary N) is 4. The lowest BCUT2D eigenvalue weighted by atomic mass is 10.1. The van der Waals surface area contributed by atoms with E-state index in [-0.39, 0.29) is 24.1 Å². The smallest absolute Gasteiger partial charge is 0.323 e. The number of benzene rings is 2. The first-order chi connectivity index (χ1) is 12.5. The second-order valence-corrected chi connectivity index (χ2v) is 6.79. The summed E-state index contributed by atoms with van der Waals surface area (Å²) in [6, 6.07) is 11.0. The molecule has 1 unspecified atom stereocenters. The van der Waals surface area contributed by atoms with Crippen LogP contribution in [-0.2, 0) is 11.2 Å². The van der Waals surface area contributed by atoms with Crippen molar-refractivity contribution in [2.24, 2.45) is 0 Å². The van der Waals surface area contributed by atoms with Crippen LogP contribution >= 0.6 is 11.6 Å². The minimum Gasteiger partial charge on any atom is -0.361 e. The molecule has 0 aliphatic carbocycles. The Morgan fingerprint density at radius 1 is 1.12 bits per heavy atom. The summed E-state index contributed by atoms with van der Waals surface area (Å²) in [7, 11) is 0. The molecule has 0 aliphatic heterocycles. The number of H-pyrrole nitrogens is 3. The van der Waals surface area contributed by atoms with Gasteiger partial charge in [-0.25, -0.2) is 4.79 Å². The molecule has 4 rings (SSSR count). The van der Waals surface area contributed by atoms with Crippen LogP contribution in [0.1, 0.15) is 24.1 Å². The zero-order chi connectivity index (χ0) is 18.3. The molecular formula is C19H17ClN4O2. The van der Waals surface area contributed by atoms with Crippen LogP contribution in [0, 0.1) is 0 Å². The molecule has 0 saturated carbocycles. The van der Waals surface area contributed by atoms with E-state index in [1.165, 1.54) is 0 Å². The number of fused-ring (bicyclic) bond motifs is 2. The first kappa shape index (κ1) is 16.5. The zero-order valence-electron chi connectivity index (χ0n) is 14.0. The number of amides is 1. The van der Waals surface area contributed by atoms with Gasteiger partial charge in [0, 0.05) is 22.1 Å². The Morgan fingerprint density at radius 3 is 2.73 bits per heavy atom. The van der Waals surface area contributed by atoms with Gasteiger partial charge in [0.1, 0.15) is 0 Å². The first-order valence-corrected chi connectivity index (χ1v) is 8.64. The Hall–Kier alpha value is -2.99. The Bertz CT molecular complexity index is 1170. The number of halogens is 1. The van der Waals surface area contributed by atoms with Gasteiger partial charge in [0.2, 0.25) is 5.91 Å². The van der Waals surface area contributed by atoms with E-state index in [2.05, 4.69) is 20.3 Å². The van der Waals surface area contributed by atoms with Gasteiger partial charge in [-0.15, -0.1) is 0 Å². The molecule has 0 fully saturated rings. The summed E-state index contributed by atoms with van der Waals surface area (Å²) in [5, 5.41) is 4.59. The van der Waals surface area contributed by atoms with Crippen molar-refractivity contribution < 1.29 is 4.79 Å². The van der Waals surface area contributed by atoms with Crippen LogP contribution in [-0.4, -0.2) is 20.9 Å². The van der Waals surface area contributed by atoms with E-state index in [4.69, 9.17) is 11.6 Å². The fraction of sp³-hybridized carbons (Fsp3) is 0.158. The van der Waals surface area contributed by atoms with Crippen molar-refractivity contribution >= 4 is 39.4 Å². The van der Waals surface area contributed by atoms with Gasteiger partial charge in [0.05, 0.1) is 23.5 Å². The third-order valence-corrected chi connectivity index (χ3v) is 4.73. The van der Waals surface area contributed by atoms with Crippen LogP contribution < -0.4 is 11.0 Å². The van der Waals surface area contributed by atoms with Crippen LogP contribution in [0.2, 0.25) is 5.02 Å². The molecule has 0 spiro atoms. The number of carbonyl (C=O) groups is 1. The molecule has 6 nitrogen and oxygen atoms in total. The second-order valence-electron chi connectivity index (χ2n) is 6.35. The molecule has 4 aromatic rings. The molecule has 26 heavy (non-hydrogen) atoms. The largest absolute Gasteiger partial charge is 0.361 e. The topological polar surface area (TPSA) is 93.5 Å². The fourth-order valence-corrected chi connectivity index (χ4v) is 3.34. The summed E-state index contributed by atoms with van der Waals surface area (Å²) in [4.78, 5) is 32.4. The quantitative estimate of drug-likeness (QED) is 0.444. The van der Waals surface area contributed by atoms with Crippen LogP contribution in [0.3, 0.4) is 0 Å². The van der Waals surface area contributed by atoms with E-state index in [1.54, 1.807) is 0 Å². The van der Waals surface area contributed by atoms with Gasteiger partial charge in [-0.1, -0.05) is 17.7 Å². The molecule has 4 N–H and O–H groups in total. The normalized spacial score (nSPS) is 12.5. The molecule has 0 bridgehead atoms. The van der Waals surface area contributed by atoms with Gasteiger partial charge in [0.25, 0.3) is 0 Å². The summed E-state index contributed by atoms with van der Waals surface area (Å²) >= 11 is 6.06. The third kappa shape index (κ3) is 3.11. The molecule has 7 heteroatoms. The van der Waals surface area contributed by atoms with Gasteiger partial charge in [-0.3, -0.25) is 4.79 Å². The maximum absolute atomic E-state index is 12.5. The van der Waals surface area contributed by atoms with E-state index in [0.29, 0.717) is 5.02 Å². The summed E-state index contributed by atoms with van der Waals surface area (Å²) in [6.07, 6.45) is 2.09. The van der Waals surface area contributed by atoms with Gasteiger partial charge in [-0.2, -0.15) is 0 Å². The van der Waals surface area contributed by atoms with E-state index in [1.807, 2.05) is 49.5 Å². The number of imidazole rings is 1. The number of carbonyl (C=O) groups excluding carboxylic acids is 1. The summed E-state index contributed by atoms with van der Waals surface area (Å²) in [5.74, 6) is -0.0824. The van der Waals surface area contributed by atoms with Crippen LogP contribution in [0.15, 0.2) is 47.4 Å². The van der Waals surface area contributed by atoms with Crippen molar-refractivity contribution in [3.63, 3.8) is 0 Å². The van der Waals surface area contributed by atoms with Crippen LogP contribution in [0.4, 0.5) is 0 Å². The minimum atomic E-state index is -0.244. The Kier molecular flexibility index (Phi) is 4.05. The van der Waals surface area contributed by atoms with Crippen molar-refractivity contribution in [3.8, 4) is 0 Å². The van der Waals surface area contributed by atoms with E-state index >= 15 is 0 Å². The van der Waals surface area contributed by atoms with Gasteiger partial charge >= 0.3 is 5.69 Å². The molecule has 132 valence electrons. The first-order valence-electron chi connectivity index (χ1n) is 8.26. The van der Waals surface area contributed by atoms with Crippen molar-refractivity contribution in [1.82, 2.24) is 20.3 Å². The number of aromatic amines is 3. The third-order valence-electron chi connectivity index (χ3n) is 4.50. The van der Waals surface area contributed by atoms with Crippen LogP contribution in [0.25, 0.3) is 21.9 Å². The predicted octanol–water partition coefficient (Wildman–Crippen LogP) is 3.41. The molecule has 1 atom stereocenters. The maximum Gasteiger partial charge on any atom is 0.323 e. The number of rotatable bonds is 4. The molecule has 0 saturated heterocycles. The highest BCUT2D eigenvalue weighted by Crippen LogP contribution is 2.23. The Balaban J connectivity index is 1.50. The molecule has 2 aromatic carbocycles. The number of hydrogen-bond donors (Lipinski definition) is 4.